The lowest BCUT2D eigenvalue weighted by Crippen LogP contribution is -2.28. The summed E-state index contributed by atoms with van der Waals surface area (Å²) in [5.41, 5.74) is 0.968. The van der Waals surface area contributed by atoms with Gasteiger partial charge in [0.2, 0.25) is 0 Å². The molecular weight excluding hydrogens is 272 g/mol. The van der Waals surface area contributed by atoms with Gasteiger partial charge >= 0.3 is 0 Å². The van der Waals surface area contributed by atoms with Crippen LogP contribution in [0.3, 0.4) is 0 Å². The zero-order chi connectivity index (χ0) is 12.9. The Morgan fingerprint density at radius 1 is 1.15 bits per heavy atom. The van der Waals surface area contributed by atoms with Crippen LogP contribution in [0.1, 0.15) is 19.3 Å². The molecule has 108 valence electrons. The summed E-state index contributed by atoms with van der Waals surface area (Å²) in [5, 5.41) is 4.54. The van der Waals surface area contributed by atoms with Crippen molar-refractivity contribution in [1.82, 2.24) is 10.3 Å². The summed E-state index contributed by atoms with van der Waals surface area (Å²) in [5.74, 6) is 1.72. The number of para-hydroxylation sites is 1. The largest absolute Gasteiger partial charge is 0.491 e. The number of hydrogen-bond acceptors (Lipinski definition) is 3. The molecule has 0 saturated carbocycles. The molecule has 2 heterocycles. The minimum absolute atomic E-state index is 0. The Bertz CT molecular complexity index is 535. The first-order valence-corrected chi connectivity index (χ1v) is 7.11. The van der Waals surface area contributed by atoms with E-state index in [0.717, 1.165) is 48.7 Å². The van der Waals surface area contributed by atoms with E-state index in [2.05, 4.69) is 22.4 Å². The molecule has 3 nitrogen and oxygen atoms in total. The molecule has 1 aromatic heterocycles. The van der Waals surface area contributed by atoms with Crippen molar-refractivity contribution >= 4 is 23.3 Å². The maximum Gasteiger partial charge on any atom is 0.145 e. The van der Waals surface area contributed by atoms with Crippen LogP contribution in [0.25, 0.3) is 10.9 Å². The number of aromatic nitrogens is 1. The van der Waals surface area contributed by atoms with Crippen molar-refractivity contribution in [2.24, 2.45) is 5.92 Å². The summed E-state index contributed by atoms with van der Waals surface area (Å²) in [6.45, 7) is 3.10. The summed E-state index contributed by atoms with van der Waals surface area (Å²) in [7, 11) is 0. The summed E-state index contributed by atoms with van der Waals surface area (Å²) in [4.78, 5) is 4.41. The number of ether oxygens (including phenoxy) is 1. The number of piperidine rings is 1. The van der Waals surface area contributed by atoms with Gasteiger partial charge in [-0.1, -0.05) is 18.2 Å². The van der Waals surface area contributed by atoms with E-state index < -0.39 is 0 Å². The molecular formula is C16H21ClN2O. The van der Waals surface area contributed by atoms with Crippen molar-refractivity contribution in [3.05, 3.63) is 36.5 Å². The number of nitrogens with zero attached hydrogens (tertiary/aromatic N) is 1. The van der Waals surface area contributed by atoms with E-state index in [1.165, 1.54) is 12.8 Å². The lowest BCUT2D eigenvalue weighted by Gasteiger charge is -2.22. The molecule has 0 radical (unpaired) electrons. The topological polar surface area (TPSA) is 34.1 Å². The van der Waals surface area contributed by atoms with Crippen molar-refractivity contribution in [1.29, 1.82) is 0 Å². The molecule has 20 heavy (non-hydrogen) atoms. The van der Waals surface area contributed by atoms with Crippen LogP contribution in [0.2, 0.25) is 0 Å². The van der Waals surface area contributed by atoms with E-state index in [4.69, 9.17) is 4.74 Å². The molecule has 4 heteroatoms. The van der Waals surface area contributed by atoms with Crippen LogP contribution in [0.5, 0.6) is 5.75 Å². The van der Waals surface area contributed by atoms with Crippen LogP contribution in [0.15, 0.2) is 36.5 Å². The van der Waals surface area contributed by atoms with Gasteiger partial charge in [-0.05, 0) is 50.4 Å². The molecule has 0 atom stereocenters. The summed E-state index contributed by atoms with van der Waals surface area (Å²) in [6, 6.07) is 10.1. The second kappa shape index (κ2) is 7.46. The molecule has 3 rings (SSSR count). The SMILES string of the molecule is Cl.c1cnc2c(OCCC3CCNCC3)cccc2c1. The van der Waals surface area contributed by atoms with Crippen molar-refractivity contribution in [3.8, 4) is 5.75 Å². The Hall–Kier alpha value is -1.32. The van der Waals surface area contributed by atoms with Gasteiger partial charge in [0.25, 0.3) is 0 Å². The van der Waals surface area contributed by atoms with Gasteiger partial charge in [0.1, 0.15) is 11.3 Å². The summed E-state index contributed by atoms with van der Waals surface area (Å²) >= 11 is 0. The number of hydrogen-bond donors (Lipinski definition) is 1. The van der Waals surface area contributed by atoms with E-state index in [-0.39, 0.29) is 12.4 Å². The standard InChI is InChI=1S/C16H20N2O.ClH/c1-3-14-4-2-9-18-16(14)15(5-1)19-12-8-13-6-10-17-11-7-13;/h1-5,9,13,17H,6-8,10-12H2;1H. The molecule has 0 bridgehead atoms. The lowest BCUT2D eigenvalue weighted by molar-refractivity contribution is 0.253. The molecule has 0 amide bonds. The quantitative estimate of drug-likeness (QED) is 0.937. The smallest absolute Gasteiger partial charge is 0.145 e. The first-order valence-electron chi connectivity index (χ1n) is 7.11. The van der Waals surface area contributed by atoms with Crippen LogP contribution in [0.4, 0.5) is 0 Å². The fraction of sp³-hybridized carbons (Fsp3) is 0.438. The van der Waals surface area contributed by atoms with Crippen molar-refractivity contribution < 1.29 is 4.74 Å². The van der Waals surface area contributed by atoms with Crippen LogP contribution >= 0.6 is 12.4 Å². The van der Waals surface area contributed by atoms with Crippen molar-refractivity contribution in [3.63, 3.8) is 0 Å². The number of nitrogens with one attached hydrogen (secondary N) is 1. The molecule has 1 fully saturated rings. The number of fused-ring (bicyclic) bond motifs is 1. The second-order valence-electron chi connectivity index (χ2n) is 5.16. The number of halogens is 1. The van der Waals surface area contributed by atoms with Crippen LogP contribution < -0.4 is 10.1 Å². The first kappa shape index (κ1) is 15.1. The third kappa shape index (κ3) is 3.62. The van der Waals surface area contributed by atoms with Gasteiger partial charge in [-0.3, -0.25) is 4.98 Å². The minimum Gasteiger partial charge on any atom is -0.491 e. The zero-order valence-electron chi connectivity index (χ0n) is 11.5. The van der Waals surface area contributed by atoms with E-state index >= 15 is 0 Å². The van der Waals surface area contributed by atoms with Crippen LogP contribution in [-0.4, -0.2) is 24.7 Å². The molecule has 1 aliphatic rings. The molecule has 1 N–H and O–H groups in total. The molecule has 0 unspecified atom stereocenters. The lowest BCUT2D eigenvalue weighted by atomic mass is 9.95. The highest BCUT2D eigenvalue weighted by molar-refractivity contribution is 5.85. The van der Waals surface area contributed by atoms with Crippen LogP contribution in [0, 0.1) is 5.92 Å². The molecule has 2 aromatic rings. The predicted octanol–water partition coefficient (Wildman–Crippen LogP) is 3.43. The highest BCUT2D eigenvalue weighted by atomic mass is 35.5. The Kier molecular flexibility index (Phi) is 5.62. The summed E-state index contributed by atoms with van der Waals surface area (Å²) in [6.07, 6.45) is 5.52. The maximum atomic E-state index is 5.94. The fourth-order valence-corrected chi connectivity index (χ4v) is 2.70. The fourth-order valence-electron chi connectivity index (χ4n) is 2.70. The first-order chi connectivity index (χ1) is 9.43. The van der Waals surface area contributed by atoms with Crippen molar-refractivity contribution in [2.45, 2.75) is 19.3 Å². The van der Waals surface area contributed by atoms with Gasteiger partial charge < -0.3 is 10.1 Å². The summed E-state index contributed by atoms with van der Waals surface area (Å²) < 4.78 is 5.94. The van der Waals surface area contributed by atoms with E-state index in [1.807, 2.05) is 24.4 Å². The van der Waals surface area contributed by atoms with Gasteiger partial charge in [-0.2, -0.15) is 0 Å². The van der Waals surface area contributed by atoms with E-state index in [0.29, 0.717) is 0 Å². The Morgan fingerprint density at radius 2 is 1.95 bits per heavy atom. The van der Waals surface area contributed by atoms with Gasteiger partial charge in [0.05, 0.1) is 6.61 Å². The Labute approximate surface area is 126 Å². The van der Waals surface area contributed by atoms with Crippen molar-refractivity contribution in [2.75, 3.05) is 19.7 Å². The maximum absolute atomic E-state index is 5.94. The zero-order valence-corrected chi connectivity index (χ0v) is 12.4. The Balaban J connectivity index is 0.00000147. The normalized spacial score (nSPS) is 15.8. The monoisotopic (exact) mass is 292 g/mol. The van der Waals surface area contributed by atoms with E-state index in [9.17, 15) is 0 Å². The third-order valence-electron chi connectivity index (χ3n) is 3.84. The highest BCUT2D eigenvalue weighted by Gasteiger charge is 2.13. The third-order valence-corrected chi connectivity index (χ3v) is 3.84. The predicted molar refractivity (Wildman–Crippen MR) is 84.7 cm³/mol. The molecule has 1 aliphatic heterocycles. The number of pyridine rings is 1. The van der Waals surface area contributed by atoms with E-state index in [1.54, 1.807) is 0 Å². The van der Waals surface area contributed by atoms with Gasteiger partial charge in [0, 0.05) is 11.6 Å². The van der Waals surface area contributed by atoms with Gasteiger partial charge in [0.15, 0.2) is 0 Å². The molecule has 1 saturated heterocycles. The van der Waals surface area contributed by atoms with Gasteiger partial charge in [-0.15, -0.1) is 12.4 Å². The Morgan fingerprint density at radius 3 is 2.80 bits per heavy atom. The molecule has 1 aromatic carbocycles. The van der Waals surface area contributed by atoms with Gasteiger partial charge in [-0.25, -0.2) is 0 Å². The number of rotatable bonds is 4. The highest BCUT2D eigenvalue weighted by Crippen LogP contribution is 2.24. The average molecular weight is 293 g/mol. The second-order valence-corrected chi connectivity index (χ2v) is 5.16. The average Bonchev–Trinajstić information content (AvgIpc) is 2.49. The molecule has 0 aliphatic carbocycles. The molecule has 0 spiro atoms. The van der Waals surface area contributed by atoms with Crippen LogP contribution in [-0.2, 0) is 0 Å². The number of benzene rings is 1. The minimum atomic E-state index is 0.